The number of nitrogens with zero attached hydrogens (tertiary/aromatic N) is 3. The van der Waals surface area contributed by atoms with Gasteiger partial charge in [-0.1, -0.05) is 11.6 Å². The molecule has 0 aliphatic heterocycles. The van der Waals surface area contributed by atoms with Gasteiger partial charge in [0.05, 0.1) is 17.5 Å². The Hall–Kier alpha value is -0.870. The van der Waals surface area contributed by atoms with E-state index in [1.54, 1.807) is 11.8 Å². The average molecular weight is 230 g/mol. The monoisotopic (exact) mass is 229 g/mol. The molecule has 1 aromatic rings. The maximum Gasteiger partial charge on any atom is 0.171 e. The summed E-state index contributed by atoms with van der Waals surface area (Å²) in [4.78, 5) is 10.3. The third-order valence-corrected chi connectivity index (χ3v) is 2.40. The van der Waals surface area contributed by atoms with Crippen LogP contribution in [0.4, 0.5) is 5.82 Å². The first-order valence-corrected chi connectivity index (χ1v) is 5.19. The number of hydrogen-bond donors (Lipinski definition) is 1. The molecule has 0 saturated heterocycles. The molecule has 1 rings (SSSR count). The van der Waals surface area contributed by atoms with E-state index in [2.05, 4.69) is 9.97 Å². The van der Waals surface area contributed by atoms with Gasteiger partial charge in [-0.3, -0.25) is 0 Å². The summed E-state index contributed by atoms with van der Waals surface area (Å²) in [6.07, 6.45) is -0.422. The van der Waals surface area contributed by atoms with E-state index in [1.165, 1.54) is 0 Å². The molecule has 0 radical (unpaired) electrons. The van der Waals surface area contributed by atoms with E-state index >= 15 is 0 Å². The third kappa shape index (κ3) is 3.04. The molecule has 1 atom stereocenters. The van der Waals surface area contributed by atoms with E-state index in [0.717, 1.165) is 11.4 Å². The molecule has 0 spiro atoms. The molecular formula is C10H16ClN3O. The van der Waals surface area contributed by atoms with Crippen LogP contribution in [0.2, 0.25) is 5.15 Å². The second-order valence-electron chi connectivity index (χ2n) is 3.74. The summed E-state index contributed by atoms with van der Waals surface area (Å²) in [6.45, 7) is 5.96. The van der Waals surface area contributed by atoms with Gasteiger partial charge >= 0.3 is 0 Å². The number of halogens is 1. The lowest BCUT2D eigenvalue weighted by molar-refractivity contribution is 0.201. The zero-order chi connectivity index (χ0) is 11.6. The highest BCUT2D eigenvalue weighted by molar-refractivity contribution is 6.31. The van der Waals surface area contributed by atoms with Gasteiger partial charge in [-0.05, 0) is 20.8 Å². The molecule has 0 bridgehead atoms. The fourth-order valence-corrected chi connectivity index (χ4v) is 1.60. The number of likely N-dealkylation sites (N-methyl/N-ethyl adjacent to an activating group) is 1. The molecule has 0 fully saturated rings. The van der Waals surface area contributed by atoms with Crippen LogP contribution in [0.3, 0.4) is 0 Å². The van der Waals surface area contributed by atoms with Gasteiger partial charge in [-0.2, -0.15) is 0 Å². The van der Waals surface area contributed by atoms with Crippen molar-refractivity contribution in [2.45, 2.75) is 26.9 Å². The van der Waals surface area contributed by atoms with Gasteiger partial charge in [0, 0.05) is 13.6 Å². The summed E-state index contributed by atoms with van der Waals surface area (Å²) < 4.78 is 0. The van der Waals surface area contributed by atoms with Crippen molar-refractivity contribution in [3.8, 4) is 0 Å². The minimum Gasteiger partial charge on any atom is -0.392 e. The van der Waals surface area contributed by atoms with Gasteiger partial charge < -0.3 is 10.0 Å². The normalized spacial score (nSPS) is 12.7. The van der Waals surface area contributed by atoms with Gasteiger partial charge in [0.15, 0.2) is 11.0 Å². The van der Waals surface area contributed by atoms with Crippen molar-refractivity contribution in [2.24, 2.45) is 0 Å². The van der Waals surface area contributed by atoms with Crippen molar-refractivity contribution in [2.75, 3.05) is 18.5 Å². The van der Waals surface area contributed by atoms with Crippen LogP contribution in [-0.2, 0) is 0 Å². The Morgan fingerprint density at radius 2 is 1.87 bits per heavy atom. The largest absolute Gasteiger partial charge is 0.392 e. The first-order valence-electron chi connectivity index (χ1n) is 4.81. The summed E-state index contributed by atoms with van der Waals surface area (Å²) in [6, 6.07) is 0. The van der Waals surface area contributed by atoms with Crippen LogP contribution in [0.5, 0.6) is 0 Å². The van der Waals surface area contributed by atoms with Gasteiger partial charge in [-0.15, -0.1) is 0 Å². The summed E-state index contributed by atoms with van der Waals surface area (Å²) in [7, 11) is 1.83. The minimum atomic E-state index is -0.422. The quantitative estimate of drug-likeness (QED) is 0.855. The van der Waals surface area contributed by atoms with Crippen molar-refractivity contribution in [3.63, 3.8) is 0 Å². The zero-order valence-corrected chi connectivity index (χ0v) is 10.2. The summed E-state index contributed by atoms with van der Waals surface area (Å²) >= 11 is 5.98. The number of hydrogen-bond acceptors (Lipinski definition) is 4. The molecule has 0 saturated carbocycles. The van der Waals surface area contributed by atoms with Gasteiger partial charge in [0.1, 0.15) is 0 Å². The highest BCUT2D eigenvalue weighted by Crippen LogP contribution is 2.21. The van der Waals surface area contributed by atoms with Crippen molar-refractivity contribution in [3.05, 3.63) is 16.5 Å². The van der Waals surface area contributed by atoms with Crippen molar-refractivity contribution >= 4 is 17.4 Å². The van der Waals surface area contributed by atoms with E-state index in [1.807, 2.05) is 20.9 Å². The first-order chi connectivity index (χ1) is 6.91. The smallest absolute Gasteiger partial charge is 0.171 e. The average Bonchev–Trinajstić information content (AvgIpc) is 2.09. The van der Waals surface area contributed by atoms with E-state index < -0.39 is 6.10 Å². The molecule has 1 heterocycles. The summed E-state index contributed by atoms with van der Waals surface area (Å²) in [5, 5.41) is 9.64. The lowest BCUT2D eigenvalue weighted by Gasteiger charge is -2.21. The van der Waals surface area contributed by atoms with Gasteiger partial charge in [-0.25, -0.2) is 9.97 Å². The SMILES string of the molecule is Cc1nc(Cl)c(N(C)CC(C)O)nc1C. The molecule has 1 aromatic heterocycles. The molecule has 0 aliphatic carbocycles. The van der Waals surface area contributed by atoms with Crippen LogP contribution in [0, 0.1) is 13.8 Å². The molecule has 0 aromatic carbocycles. The van der Waals surface area contributed by atoms with Gasteiger partial charge in [0.2, 0.25) is 0 Å². The van der Waals surface area contributed by atoms with E-state index in [-0.39, 0.29) is 0 Å². The highest BCUT2D eigenvalue weighted by Gasteiger charge is 2.12. The number of aliphatic hydroxyl groups is 1. The lowest BCUT2D eigenvalue weighted by Crippen LogP contribution is -2.28. The molecule has 5 heteroatoms. The van der Waals surface area contributed by atoms with Crippen molar-refractivity contribution in [1.29, 1.82) is 0 Å². The second-order valence-corrected chi connectivity index (χ2v) is 4.10. The van der Waals surface area contributed by atoms with Crippen LogP contribution in [0.15, 0.2) is 0 Å². The Balaban J connectivity index is 2.98. The van der Waals surface area contributed by atoms with Crippen LogP contribution in [0.1, 0.15) is 18.3 Å². The Morgan fingerprint density at radius 3 is 2.40 bits per heavy atom. The molecule has 1 N–H and O–H groups in total. The molecule has 4 nitrogen and oxygen atoms in total. The predicted molar refractivity (Wildman–Crippen MR) is 61.5 cm³/mol. The van der Waals surface area contributed by atoms with Crippen LogP contribution >= 0.6 is 11.6 Å². The van der Waals surface area contributed by atoms with Crippen LogP contribution < -0.4 is 4.90 Å². The minimum absolute atomic E-state index is 0.376. The standard InChI is InChI=1S/C10H16ClN3O/c1-6(15)5-14(4)10-9(11)12-7(2)8(3)13-10/h6,15H,5H2,1-4H3. The van der Waals surface area contributed by atoms with Crippen LogP contribution in [0.25, 0.3) is 0 Å². The number of aromatic nitrogens is 2. The molecule has 1 unspecified atom stereocenters. The lowest BCUT2D eigenvalue weighted by atomic mass is 10.3. The Labute approximate surface area is 94.9 Å². The number of anilines is 1. The highest BCUT2D eigenvalue weighted by atomic mass is 35.5. The first kappa shape index (κ1) is 12.2. The Kier molecular flexibility index (Phi) is 3.88. The third-order valence-electron chi connectivity index (χ3n) is 2.15. The summed E-state index contributed by atoms with van der Waals surface area (Å²) in [5.74, 6) is 0.612. The molecule has 84 valence electrons. The van der Waals surface area contributed by atoms with Crippen LogP contribution in [-0.4, -0.2) is 34.8 Å². The molecular weight excluding hydrogens is 214 g/mol. The number of rotatable bonds is 3. The zero-order valence-electron chi connectivity index (χ0n) is 9.45. The molecule has 0 aliphatic rings. The fraction of sp³-hybridized carbons (Fsp3) is 0.600. The molecule has 0 amide bonds. The van der Waals surface area contributed by atoms with E-state index in [9.17, 15) is 5.11 Å². The number of aryl methyl sites for hydroxylation is 2. The maximum atomic E-state index is 9.27. The molecule has 15 heavy (non-hydrogen) atoms. The second kappa shape index (κ2) is 4.77. The Bertz CT molecular complexity index is 355. The van der Waals surface area contributed by atoms with Crippen molar-refractivity contribution < 1.29 is 5.11 Å². The number of aliphatic hydroxyl groups excluding tert-OH is 1. The maximum absolute atomic E-state index is 9.27. The van der Waals surface area contributed by atoms with E-state index in [0.29, 0.717) is 17.5 Å². The summed E-state index contributed by atoms with van der Waals surface area (Å²) in [5.41, 5.74) is 1.68. The predicted octanol–water partition coefficient (Wildman–Crippen LogP) is 1.56. The fourth-order valence-electron chi connectivity index (χ4n) is 1.29. The Morgan fingerprint density at radius 1 is 1.33 bits per heavy atom. The van der Waals surface area contributed by atoms with E-state index in [4.69, 9.17) is 11.6 Å². The van der Waals surface area contributed by atoms with Gasteiger partial charge in [0.25, 0.3) is 0 Å². The van der Waals surface area contributed by atoms with Crippen molar-refractivity contribution in [1.82, 2.24) is 9.97 Å². The topological polar surface area (TPSA) is 49.2 Å².